The molecule has 9 heteroatoms. The molecule has 0 rings (SSSR count). The van der Waals surface area contributed by atoms with Crippen molar-refractivity contribution in [1.82, 2.24) is 0 Å². The van der Waals surface area contributed by atoms with Gasteiger partial charge in [-0.3, -0.25) is 18.6 Å². The van der Waals surface area contributed by atoms with E-state index in [9.17, 15) is 19.0 Å². The van der Waals surface area contributed by atoms with Crippen LogP contribution in [-0.2, 0) is 32.7 Å². The third-order valence-electron chi connectivity index (χ3n) is 7.67. The molecule has 8 nitrogen and oxygen atoms in total. The molecule has 0 aliphatic carbocycles. The molecule has 292 valence electrons. The van der Waals surface area contributed by atoms with Crippen molar-refractivity contribution in [3.05, 3.63) is 72.9 Å². The molecule has 0 saturated heterocycles. The summed E-state index contributed by atoms with van der Waals surface area (Å²) in [6.07, 6.45) is 44.4. The number of allylic oxidation sites excluding steroid dienone is 12. The minimum Gasteiger partial charge on any atom is -0.462 e. The summed E-state index contributed by atoms with van der Waals surface area (Å²) in [4.78, 5) is 34.8. The summed E-state index contributed by atoms with van der Waals surface area (Å²) >= 11 is 0. The van der Waals surface area contributed by atoms with Crippen LogP contribution in [0.3, 0.4) is 0 Å². The highest BCUT2D eigenvalue weighted by molar-refractivity contribution is 7.47. The highest BCUT2D eigenvalue weighted by Crippen LogP contribution is 2.43. The second-order valence-electron chi connectivity index (χ2n) is 12.6. The van der Waals surface area contributed by atoms with Crippen molar-refractivity contribution >= 4 is 19.8 Å². The number of hydrogen-bond acceptors (Lipinski definition) is 7. The van der Waals surface area contributed by atoms with Crippen LogP contribution >= 0.6 is 7.82 Å². The van der Waals surface area contributed by atoms with Crippen LogP contribution in [-0.4, -0.2) is 42.8 Å². The number of hydrogen-bond donors (Lipinski definition) is 1. The number of carbonyl (C=O) groups excluding carboxylic acids is 2. The lowest BCUT2D eigenvalue weighted by Crippen LogP contribution is -2.29. The molecule has 1 unspecified atom stereocenters. The lowest BCUT2D eigenvalue weighted by Gasteiger charge is -2.20. The fraction of sp³-hybridized carbons (Fsp3) is 0.667. The van der Waals surface area contributed by atoms with Gasteiger partial charge in [0, 0.05) is 12.8 Å². The molecule has 0 radical (unpaired) electrons. The van der Waals surface area contributed by atoms with Crippen molar-refractivity contribution in [2.75, 3.05) is 19.8 Å². The Balaban J connectivity index is 4.29. The molecule has 51 heavy (non-hydrogen) atoms. The molecule has 0 aromatic rings. The summed E-state index contributed by atoms with van der Waals surface area (Å²) in [6.45, 7) is 5.49. The summed E-state index contributed by atoms with van der Waals surface area (Å²) in [5.74, 6) is -0.841. The molecule has 0 heterocycles. The second-order valence-corrected chi connectivity index (χ2v) is 14.0. The van der Waals surface area contributed by atoms with Crippen LogP contribution in [0.15, 0.2) is 72.9 Å². The van der Waals surface area contributed by atoms with Crippen LogP contribution in [0, 0.1) is 0 Å². The van der Waals surface area contributed by atoms with Crippen LogP contribution in [0.2, 0.25) is 0 Å². The molecule has 0 spiro atoms. The van der Waals surface area contributed by atoms with Crippen LogP contribution in [0.5, 0.6) is 0 Å². The van der Waals surface area contributed by atoms with Gasteiger partial charge in [-0.15, -0.1) is 0 Å². The predicted octanol–water partition coefficient (Wildman–Crippen LogP) is 12.2. The van der Waals surface area contributed by atoms with Gasteiger partial charge in [0.1, 0.15) is 6.61 Å². The fourth-order valence-corrected chi connectivity index (χ4v) is 5.66. The predicted molar refractivity (Wildman–Crippen MR) is 211 cm³/mol. The average Bonchev–Trinajstić information content (AvgIpc) is 3.11. The number of ether oxygens (including phenoxy) is 2. The third-order valence-corrected chi connectivity index (χ3v) is 8.66. The monoisotopic (exact) mass is 734 g/mol. The SMILES string of the molecule is CC/C=C\C/C=C\C/C=C\CCCCCCCC(=O)OC[C@H](COP(=O)(O)OCCC)OC(=O)CCCCCCC/C=C\C/C=C\C/C=C\CC. The molecule has 1 N–H and O–H groups in total. The maximum absolute atomic E-state index is 12.5. The molecule has 0 fully saturated rings. The van der Waals surface area contributed by atoms with Gasteiger partial charge in [0.25, 0.3) is 0 Å². The van der Waals surface area contributed by atoms with Crippen molar-refractivity contribution in [1.29, 1.82) is 0 Å². The van der Waals surface area contributed by atoms with Gasteiger partial charge >= 0.3 is 19.8 Å². The molecule has 0 saturated carbocycles. The Labute approximate surface area is 311 Å². The largest absolute Gasteiger partial charge is 0.472 e. The molecule has 0 bridgehead atoms. The van der Waals surface area contributed by atoms with Crippen LogP contribution in [0.4, 0.5) is 0 Å². The zero-order valence-electron chi connectivity index (χ0n) is 32.2. The molecule has 2 atom stereocenters. The Morgan fingerprint density at radius 1 is 0.549 bits per heavy atom. The third kappa shape index (κ3) is 37.1. The summed E-state index contributed by atoms with van der Waals surface area (Å²) in [7, 11) is -4.31. The van der Waals surface area contributed by atoms with Crippen molar-refractivity contribution in [3.63, 3.8) is 0 Å². The van der Waals surface area contributed by atoms with E-state index < -0.39 is 32.5 Å². The smallest absolute Gasteiger partial charge is 0.462 e. The Morgan fingerprint density at radius 2 is 0.980 bits per heavy atom. The highest BCUT2D eigenvalue weighted by atomic mass is 31.2. The highest BCUT2D eigenvalue weighted by Gasteiger charge is 2.25. The van der Waals surface area contributed by atoms with Gasteiger partial charge in [0.15, 0.2) is 6.10 Å². The first-order chi connectivity index (χ1) is 24.8. The second kappa shape index (κ2) is 37.3. The van der Waals surface area contributed by atoms with E-state index in [2.05, 4.69) is 86.8 Å². The number of phosphoric ester groups is 1. The first-order valence-electron chi connectivity index (χ1n) is 19.7. The van der Waals surface area contributed by atoms with Crippen LogP contribution < -0.4 is 0 Å². The Bertz CT molecular complexity index is 1060. The lowest BCUT2D eigenvalue weighted by atomic mass is 10.1. The number of carbonyl (C=O) groups is 2. The van der Waals surface area contributed by atoms with E-state index >= 15 is 0 Å². The normalized spacial score (nSPS) is 14.2. The Morgan fingerprint density at radius 3 is 1.47 bits per heavy atom. The van der Waals surface area contributed by atoms with E-state index in [-0.39, 0.29) is 26.1 Å². The summed E-state index contributed by atoms with van der Waals surface area (Å²) in [6, 6.07) is 0. The molecular weight excluding hydrogens is 663 g/mol. The molecule has 0 aromatic carbocycles. The molecule has 0 aliphatic rings. The van der Waals surface area contributed by atoms with E-state index in [0.717, 1.165) is 103 Å². The van der Waals surface area contributed by atoms with Crippen molar-refractivity contribution < 1.29 is 37.6 Å². The molecule has 0 amide bonds. The standard InChI is InChI=1S/C42H71O8P/c1-4-7-9-11-13-15-17-19-21-23-25-27-29-31-33-35-41(43)47-38-40(39-49-51(45,46)48-37-6-3)50-42(44)36-34-32-30-28-26-24-22-20-18-16-14-12-10-8-5-2/h7-10,13-16,19-22,40H,4-6,11-12,17-18,23-39H2,1-3H3,(H,45,46)/b9-7-,10-8-,15-13-,16-14-,21-19-,22-20-/t40-/m1/s1. The zero-order valence-corrected chi connectivity index (χ0v) is 33.1. The van der Waals surface area contributed by atoms with E-state index in [1.165, 1.54) is 0 Å². The quantitative estimate of drug-likeness (QED) is 0.0297. The molecular formula is C42H71O8P. The van der Waals surface area contributed by atoms with Gasteiger partial charge in [-0.2, -0.15) is 0 Å². The Kier molecular flexibility index (Phi) is 35.4. The minimum atomic E-state index is -4.31. The summed E-state index contributed by atoms with van der Waals surface area (Å²) in [5, 5.41) is 0. The molecule has 0 aliphatic heterocycles. The van der Waals surface area contributed by atoms with Crippen molar-refractivity contribution in [2.24, 2.45) is 0 Å². The summed E-state index contributed by atoms with van der Waals surface area (Å²) < 4.78 is 32.9. The number of rotatable bonds is 35. The maximum Gasteiger partial charge on any atom is 0.472 e. The average molecular weight is 735 g/mol. The van der Waals surface area contributed by atoms with Crippen molar-refractivity contribution in [3.8, 4) is 0 Å². The number of phosphoric acid groups is 1. The fourth-order valence-electron chi connectivity index (χ4n) is 4.82. The first-order valence-corrected chi connectivity index (χ1v) is 21.2. The lowest BCUT2D eigenvalue weighted by molar-refractivity contribution is -0.161. The van der Waals surface area contributed by atoms with Gasteiger partial charge in [-0.05, 0) is 83.5 Å². The maximum atomic E-state index is 12.5. The summed E-state index contributed by atoms with van der Waals surface area (Å²) in [5.41, 5.74) is 0. The van der Waals surface area contributed by atoms with Gasteiger partial charge in [-0.25, -0.2) is 4.57 Å². The van der Waals surface area contributed by atoms with E-state index in [1.54, 1.807) is 0 Å². The van der Waals surface area contributed by atoms with Gasteiger partial charge in [0.05, 0.1) is 13.2 Å². The topological polar surface area (TPSA) is 108 Å². The molecule has 0 aromatic heterocycles. The van der Waals surface area contributed by atoms with Crippen LogP contribution in [0.25, 0.3) is 0 Å². The Hall–Kier alpha value is -2.51. The van der Waals surface area contributed by atoms with E-state index in [1.807, 2.05) is 6.92 Å². The van der Waals surface area contributed by atoms with E-state index in [0.29, 0.717) is 19.3 Å². The number of esters is 2. The van der Waals surface area contributed by atoms with E-state index in [4.69, 9.17) is 18.5 Å². The van der Waals surface area contributed by atoms with Gasteiger partial charge in [-0.1, -0.05) is 132 Å². The van der Waals surface area contributed by atoms with Crippen molar-refractivity contribution in [2.45, 2.75) is 162 Å². The zero-order chi connectivity index (χ0) is 37.5. The van der Waals surface area contributed by atoms with Gasteiger partial charge in [0.2, 0.25) is 0 Å². The van der Waals surface area contributed by atoms with Gasteiger partial charge < -0.3 is 14.4 Å². The minimum absolute atomic E-state index is 0.0593. The number of unbranched alkanes of at least 4 members (excludes halogenated alkanes) is 10. The van der Waals surface area contributed by atoms with Crippen LogP contribution in [0.1, 0.15) is 156 Å². The first kappa shape index (κ1) is 48.5.